The average molecular weight is 1130 g/mol. The van der Waals surface area contributed by atoms with Crippen LogP contribution in [0.4, 0.5) is 0 Å². The van der Waals surface area contributed by atoms with Crippen molar-refractivity contribution in [2.45, 2.75) is 276 Å². The molecule has 6 atom stereocenters. The van der Waals surface area contributed by atoms with Crippen LogP contribution in [0.5, 0.6) is 0 Å². The van der Waals surface area contributed by atoms with E-state index in [-0.39, 0.29) is 25.9 Å². The summed E-state index contributed by atoms with van der Waals surface area (Å²) >= 11 is 0. The quantitative estimate of drug-likeness (QED) is 0.0228. The minimum absolute atomic E-state index is 0.0749. The van der Waals surface area contributed by atoms with E-state index in [1.165, 1.54) is 83.5 Å². The highest BCUT2D eigenvalue weighted by Crippen LogP contribution is 2.26. The Bertz CT molecular complexity index is 1870. The number of aliphatic hydroxyl groups excluding tert-OH is 2. The first-order valence-corrected chi connectivity index (χ1v) is 31.5. The molecule has 12 nitrogen and oxygen atoms in total. The van der Waals surface area contributed by atoms with Gasteiger partial charge in [0.05, 0.1) is 6.61 Å². The second-order valence-corrected chi connectivity index (χ2v) is 20.9. The molecule has 1 rings (SSSR count). The van der Waals surface area contributed by atoms with E-state index in [0.717, 1.165) is 89.9 Å². The maximum Gasteiger partial charge on any atom is 0.335 e. The number of hydrogen-bond donors (Lipinski definition) is 3. The maximum atomic E-state index is 13.2. The number of allylic oxidation sites excluding steroid dienone is 20. The predicted octanol–water partition coefficient (Wildman–Crippen LogP) is 16.8. The van der Waals surface area contributed by atoms with Crippen LogP contribution >= 0.6 is 0 Å². The highest BCUT2D eigenvalue weighted by atomic mass is 16.7. The lowest BCUT2D eigenvalue weighted by Crippen LogP contribution is -2.61. The van der Waals surface area contributed by atoms with Gasteiger partial charge in [0, 0.05) is 19.3 Å². The third-order valence-corrected chi connectivity index (χ3v) is 13.5. The third kappa shape index (κ3) is 45.3. The molecule has 1 saturated heterocycles. The van der Waals surface area contributed by atoms with Gasteiger partial charge in [0.1, 0.15) is 18.8 Å². The summed E-state index contributed by atoms with van der Waals surface area (Å²) in [5.41, 5.74) is 0. The Labute approximate surface area is 490 Å². The summed E-state index contributed by atoms with van der Waals surface area (Å²) < 4.78 is 28.4. The van der Waals surface area contributed by atoms with Crippen molar-refractivity contribution in [1.82, 2.24) is 0 Å². The van der Waals surface area contributed by atoms with Crippen LogP contribution in [0.3, 0.4) is 0 Å². The number of esters is 3. The molecule has 0 aromatic heterocycles. The number of carbonyl (C=O) groups excluding carboxylic acids is 3. The summed E-state index contributed by atoms with van der Waals surface area (Å²) in [5.74, 6) is -3.29. The van der Waals surface area contributed by atoms with Gasteiger partial charge in [-0.2, -0.15) is 0 Å². The number of aliphatic carboxylic acids is 1. The van der Waals surface area contributed by atoms with Crippen LogP contribution in [0.2, 0.25) is 0 Å². The van der Waals surface area contributed by atoms with Crippen LogP contribution in [-0.2, 0) is 42.9 Å². The Kier molecular flexibility index (Phi) is 50.9. The van der Waals surface area contributed by atoms with E-state index in [4.69, 9.17) is 23.7 Å². The summed E-state index contributed by atoms with van der Waals surface area (Å²) in [6, 6.07) is 0. The second kappa shape index (κ2) is 55.6. The molecule has 0 aliphatic carbocycles. The summed E-state index contributed by atoms with van der Waals surface area (Å²) in [5, 5.41) is 31.5. The first kappa shape index (κ1) is 74.1. The Hall–Kier alpha value is -4.88. The minimum Gasteiger partial charge on any atom is -0.479 e. The highest BCUT2D eigenvalue weighted by Gasteiger charge is 2.50. The second-order valence-electron chi connectivity index (χ2n) is 20.9. The molecular formula is C69H110O12. The van der Waals surface area contributed by atoms with E-state index in [2.05, 4.69) is 124 Å². The van der Waals surface area contributed by atoms with Gasteiger partial charge in [-0.05, 0) is 96.3 Å². The lowest BCUT2D eigenvalue weighted by Gasteiger charge is -2.40. The van der Waals surface area contributed by atoms with Crippen molar-refractivity contribution in [3.05, 3.63) is 122 Å². The van der Waals surface area contributed by atoms with Gasteiger partial charge < -0.3 is 39.0 Å². The van der Waals surface area contributed by atoms with Crippen LogP contribution < -0.4 is 0 Å². The molecule has 0 bridgehead atoms. The van der Waals surface area contributed by atoms with E-state index in [1.54, 1.807) is 0 Å². The van der Waals surface area contributed by atoms with Crippen LogP contribution in [0.1, 0.15) is 239 Å². The Morgan fingerprint density at radius 1 is 0.420 bits per heavy atom. The SMILES string of the molecule is CC/C=C\C/C=C\C/C=C\C/C=C\C/C=C\C/C=C\CCC(=O)OC1C(OCC(COC(=O)CCCCCCCCCCCCCCCCCCC)OC(=O)CCCC/C=C\C/C=C\C/C=C\C/C=C\CC)OC(C(=O)O)C(O)C1O. The summed E-state index contributed by atoms with van der Waals surface area (Å²) in [6.45, 7) is 5.71. The molecule has 0 spiro atoms. The minimum atomic E-state index is -1.94. The van der Waals surface area contributed by atoms with Crippen LogP contribution in [0, 0.1) is 0 Å². The third-order valence-electron chi connectivity index (χ3n) is 13.5. The van der Waals surface area contributed by atoms with Crippen LogP contribution in [0.15, 0.2) is 122 Å². The Morgan fingerprint density at radius 2 is 0.802 bits per heavy atom. The Balaban J connectivity index is 2.74. The van der Waals surface area contributed by atoms with E-state index in [1.807, 2.05) is 18.2 Å². The lowest BCUT2D eigenvalue weighted by atomic mass is 9.98. The first-order chi connectivity index (χ1) is 39.6. The van der Waals surface area contributed by atoms with E-state index >= 15 is 0 Å². The van der Waals surface area contributed by atoms with Crippen LogP contribution in [0.25, 0.3) is 0 Å². The number of carboxylic acid groups (broad SMARTS) is 1. The van der Waals surface area contributed by atoms with Gasteiger partial charge in [-0.1, -0.05) is 245 Å². The summed E-state index contributed by atoms with van der Waals surface area (Å²) in [4.78, 5) is 51.2. The fourth-order valence-electron chi connectivity index (χ4n) is 8.80. The molecule has 0 aromatic carbocycles. The largest absolute Gasteiger partial charge is 0.479 e. The van der Waals surface area contributed by atoms with E-state index < -0.39 is 67.3 Å². The zero-order chi connectivity index (χ0) is 58.9. The van der Waals surface area contributed by atoms with Gasteiger partial charge in [0.15, 0.2) is 24.6 Å². The zero-order valence-corrected chi connectivity index (χ0v) is 50.5. The number of unbranched alkanes of at least 4 members (excludes halogenated alkanes) is 18. The average Bonchev–Trinajstić information content (AvgIpc) is 3.54. The van der Waals surface area contributed by atoms with Crippen molar-refractivity contribution in [2.75, 3.05) is 13.2 Å². The van der Waals surface area contributed by atoms with Crippen molar-refractivity contribution in [1.29, 1.82) is 0 Å². The van der Waals surface area contributed by atoms with Crippen molar-refractivity contribution < 1.29 is 58.2 Å². The molecule has 458 valence electrons. The lowest BCUT2D eigenvalue weighted by molar-refractivity contribution is -0.301. The summed E-state index contributed by atoms with van der Waals surface area (Å²) in [7, 11) is 0. The fraction of sp³-hybridized carbons (Fsp3) is 0.652. The number of rotatable bonds is 52. The number of aliphatic hydroxyl groups is 2. The summed E-state index contributed by atoms with van der Waals surface area (Å²) in [6.07, 6.45) is 64.6. The molecule has 12 heteroatoms. The monoisotopic (exact) mass is 1130 g/mol. The smallest absolute Gasteiger partial charge is 0.335 e. The molecule has 0 amide bonds. The van der Waals surface area contributed by atoms with Gasteiger partial charge in [0.25, 0.3) is 0 Å². The predicted molar refractivity (Wildman–Crippen MR) is 330 cm³/mol. The zero-order valence-electron chi connectivity index (χ0n) is 50.5. The number of carbonyl (C=O) groups is 4. The molecule has 0 aromatic rings. The van der Waals surface area contributed by atoms with Gasteiger partial charge >= 0.3 is 23.9 Å². The van der Waals surface area contributed by atoms with Crippen molar-refractivity contribution in [2.24, 2.45) is 0 Å². The van der Waals surface area contributed by atoms with Crippen LogP contribution in [-0.4, -0.2) is 89.2 Å². The highest BCUT2D eigenvalue weighted by molar-refractivity contribution is 5.74. The van der Waals surface area contributed by atoms with Gasteiger partial charge in [0.2, 0.25) is 0 Å². The molecule has 0 radical (unpaired) electrons. The molecule has 1 aliphatic rings. The molecule has 3 N–H and O–H groups in total. The number of carboxylic acids is 1. The molecular weight excluding hydrogens is 1020 g/mol. The number of ether oxygens (including phenoxy) is 5. The van der Waals surface area contributed by atoms with Crippen molar-refractivity contribution in [3.63, 3.8) is 0 Å². The first-order valence-electron chi connectivity index (χ1n) is 31.5. The molecule has 6 unspecified atom stereocenters. The van der Waals surface area contributed by atoms with E-state index in [0.29, 0.717) is 25.7 Å². The normalized spacial score (nSPS) is 18.6. The molecule has 81 heavy (non-hydrogen) atoms. The van der Waals surface area contributed by atoms with Crippen molar-refractivity contribution in [3.8, 4) is 0 Å². The molecule has 1 fully saturated rings. The Morgan fingerprint density at radius 3 is 1.23 bits per heavy atom. The van der Waals surface area contributed by atoms with Gasteiger partial charge in [-0.25, -0.2) is 4.79 Å². The maximum absolute atomic E-state index is 13.2. The molecule has 1 aliphatic heterocycles. The fourth-order valence-corrected chi connectivity index (χ4v) is 8.80. The van der Waals surface area contributed by atoms with Gasteiger partial charge in [-0.3, -0.25) is 14.4 Å². The molecule has 0 saturated carbocycles. The van der Waals surface area contributed by atoms with Gasteiger partial charge in [-0.15, -0.1) is 0 Å². The molecule has 1 heterocycles. The number of hydrogen-bond acceptors (Lipinski definition) is 11. The topological polar surface area (TPSA) is 175 Å². The standard InChI is InChI=1S/C69H110O12/c1-4-7-10-13-16-19-22-25-28-30-31-33-36-39-42-45-48-51-54-57-63(72)80-67-65(74)64(73)66(68(75)76)81-69(67)78-59-60(79-62(71)56-53-50-47-44-41-38-34-27-24-21-18-15-12-9-6-3)58-77-61(70)55-52-49-46-43-40-37-35-32-29-26-23-20-17-14-11-8-5-2/h7,9-10,12,16,18-19,21,25,27-28,31,33-34,39,41-42,44,48,51,60,64-67,69,73-74H,4-6,8,11,13-15,17,20,22-24,26,29-30,32,35-38,40,43,45-47,49-50,52-59H2,1-3H3,(H,75,76)/b10-7-,12-9-,19-16-,21-18-,28-25-,33-31-,34-27-,42-39-,44-41-,51-48-. The van der Waals surface area contributed by atoms with Crippen molar-refractivity contribution >= 4 is 23.9 Å². The van der Waals surface area contributed by atoms with E-state index in [9.17, 15) is 34.5 Å².